The molecule has 1 aliphatic carbocycles. The van der Waals surface area contributed by atoms with Crippen molar-refractivity contribution in [3.05, 3.63) is 0 Å². The summed E-state index contributed by atoms with van der Waals surface area (Å²) in [6.07, 6.45) is 7.72. The van der Waals surface area contributed by atoms with Gasteiger partial charge in [-0.05, 0) is 25.7 Å². The zero-order valence-electron chi connectivity index (χ0n) is 11.6. The number of unbranched alkanes of at least 4 members (excludes halogenated alkanes) is 2. The summed E-state index contributed by atoms with van der Waals surface area (Å²) in [6, 6.07) is 0. The molecule has 0 radical (unpaired) electrons. The van der Waals surface area contributed by atoms with E-state index >= 15 is 0 Å². The number of hydrogen-bond donors (Lipinski definition) is 3. The van der Waals surface area contributed by atoms with E-state index in [0.29, 0.717) is 19.5 Å². The van der Waals surface area contributed by atoms with Gasteiger partial charge in [0.05, 0.1) is 5.41 Å². The maximum Gasteiger partial charge on any atom is 0.303 e. The third-order valence-corrected chi connectivity index (χ3v) is 4.04. The fourth-order valence-electron chi connectivity index (χ4n) is 2.72. The lowest BCUT2D eigenvalue weighted by atomic mass is 9.73. The molecular formula is C14H26N2O3. The van der Waals surface area contributed by atoms with Gasteiger partial charge < -0.3 is 16.2 Å². The summed E-state index contributed by atoms with van der Waals surface area (Å²) in [5.41, 5.74) is 5.45. The van der Waals surface area contributed by atoms with Crippen LogP contribution in [0, 0.1) is 5.41 Å². The molecule has 1 saturated carbocycles. The Hall–Kier alpha value is -1.10. The highest BCUT2D eigenvalue weighted by Gasteiger charge is 2.37. The van der Waals surface area contributed by atoms with Crippen molar-refractivity contribution in [2.45, 2.75) is 57.8 Å². The summed E-state index contributed by atoms with van der Waals surface area (Å²) < 4.78 is 0. The Labute approximate surface area is 114 Å². The van der Waals surface area contributed by atoms with Gasteiger partial charge in [-0.25, -0.2) is 0 Å². The molecule has 0 aromatic carbocycles. The zero-order chi connectivity index (χ0) is 14.1. The number of aliphatic carboxylic acids is 1. The van der Waals surface area contributed by atoms with Crippen LogP contribution >= 0.6 is 0 Å². The molecule has 4 N–H and O–H groups in total. The van der Waals surface area contributed by atoms with Gasteiger partial charge in [0, 0.05) is 19.5 Å². The Balaban J connectivity index is 2.20. The molecule has 0 aliphatic heterocycles. The number of carbonyl (C=O) groups excluding carboxylic acids is 1. The van der Waals surface area contributed by atoms with Crippen LogP contribution in [0.5, 0.6) is 0 Å². The highest BCUT2D eigenvalue weighted by Crippen LogP contribution is 2.35. The lowest BCUT2D eigenvalue weighted by Crippen LogP contribution is -2.47. The summed E-state index contributed by atoms with van der Waals surface area (Å²) in [5.74, 6) is -0.665. The number of nitrogens with one attached hydrogen (secondary N) is 1. The second-order valence-electron chi connectivity index (χ2n) is 5.51. The van der Waals surface area contributed by atoms with E-state index in [9.17, 15) is 9.59 Å². The van der Waals surface area contributed by atoms with Crippen LogP contribution in [0.15, 0.2) is 0 Å². The van der Waals surface area contributed by atoms with E-state index in [2.05, 4.69) is 5.32 Å². The molecule has 1 fully saturated rings. The van der Waals surface area contributed by atoms with Gasteiger partial charge in [0.1, 0.15) is 0 Å². The highest BCUT2D eigenvalue weighted by molar-refractivity contribution is 5.83. The second-order valence-corrected chi connectivity index (χ2v) is 5.51. The minimum absolute atomic E-state index is 0.0907. The number of hydrogen-bond acceptors (Lipinski definition) is 3. The van der Waals surface area contributed by atoms with Crippen LogP contribution in [-0.4, -0.2) is 30.1 Å². The van der Waals surface area contributed by atoms with Gasteiger partial charge >= 0.3 is 5.97 Å². The molecule has 0 aromatic heterocycles. The Kier molecular flexibility index (Phi) is 6.84. The Morgan fingerprint density at radius 2 is 1.79 bits per heavy atom. The van der Waals surface area contributed by atoms with Crippen molar-refractivity contribution < 1.29 is 14.7 Å². The molecule has 1 rings (SSSR count). The number of nitrogens with two attached hydrogens (primary N) is 1. The van der Waals surface area contributed by atoms with Crippen molar-refractivity contribution in [1.29, 1.82) is 0 Å². The molecule has 0 heterocycles. The van der Waals surface area contributed by atoms with Crippen LogP contribution < -0.4 is 11.1 Å². The third-order valence-electron chi connectivity index (χ3n) is 4.04. The van der Waals surface area contributed by atoms with Crippen LogP contribution in [0.2, 0.25) is 0 Å². The molecule has 0 saturated heterocycles. The Morgan fingerprint density at radius 1 is 1.11 bits per heavy atom. The lowest BCUT2D eigenvalue weighted by Gasteiger charge is -2.34. The topological polar surface area (TPSA) is 92.4 Å². The lowest BCUT2D eigenvalue weighted by molar-refractivity contribution is -0.137. The molecule has 0 spiro atoms. The standard InChI is InChI=1S/C14H26N2O3/c15-11-14(8-4-2-5-9-14)13(19)16-10-6-1-3-7-12(17)18/h1-11,15H2,(H,16,19)(H,17,18). The minimum atomic E-state index is -0.756. The first-order valence-electron chi connectivity index (χ1n) is 7.31. The van der Waals surface area contributed by atoms with E-state index in [4.69, 9.17) is 10.8 Å². The van der Waals surface area contributed by atoms with Crippen LogP contribution in [-0.2, 0) is 9.59 Å². The quantitative estimate of drug-likeness (QED) is 0.585. The van der Waals surface area contributed by atoms with Gasteiger partial charge in [0.25, 0.3) is 0 Å². The molecule has 110 valence electrons. The SMILES string of the molecule is NCC1(C(=O)NCCCCCC(=O)O)CCCCC1. The summed E-state index contributed by atoms with van der Waals surface area (Å²) >= 11 is 0. The number of carboxylic acids is 1. The zero-order valence-corrected chi connectivity index (χ0v) is 11.6. The Bertz CT molecular complexity index is 299. The summed E-state index contributed by atoms with van der Waals surface area (Å²) in [4.78, 5) is 22.6. The van der Waals surface area contributed by atoms with E-state index in [1.54, 1.807) is 0 Å². The second kappa shape index (κ2) is 8.15. The van der Waals surface area contributed by atoms with Gasteiger partial charge in [-0.2, -0.15) is 0 Å². The summed E-state index contributed by atoms with van der Waals surface area (Å²) in [6.45, 7) is 1.05. The first-order chi connectivity index (χ1) is 9.10. The largest absolute Gasteiger partial charge is 0.481 e. The van der Waals surface area contributed by atoms with Crippen LogP contribution in [0.25, 0.3) is 0 Å². The van der Waals surface area contributed by atoms with Gasteiger partial charge in [0.2, 0.25) is 5.91 Å². The molecule has 0 unspecified atom stereocenters. The van der Waals surface area contributed by atoms with Crippen molar-refractivity contribution in [3.63, 3.8) is 0 Å². The fourth-order valence-corrected chi connectivity index (χ4v) is 2.72. The van der Waals surface area contributed by atoms with Crippen molar-refractivity contribution >= 4 is 11.9 Å². The average molecular weight is 270 g/mol. The number of carbonyl (C=O) groups is 2. The monoisotopic (exact) mass is 270 g/mol. The van der Waals surface area contributed by atoms with Crippen molar-refractivity contribution in [1.82, 2.24) is 5.32 Å². The molecule has 19 heavy (non-hydrogen) atoms. The van der Waals surface area contributed by atoms with Crippen molar-refractivity contribution in [2.75, 3.05) is 13.1 Å². The average Bonchev–Trinajstić information content (AvgIpc) is 2.42. The molecule has 1 aliphatic rings. The number of amides is 1. The molecule has 5 heteroatoms. The Morgan fingerprint density at radius 3 is 2.37 bits per heavy atom. The fraction of sp³-hybridized carbons (Fsp3) is 0.857. The normalized spacial score (nSPS) is 17.9. The van der Waals surface area contributed by atoms with E-state index in [-0.39, 0.29) is 17.7 Å². The van der Waals surface area contributed by atoms with Crippen molar-refractivity contribution in [3.8, 4) is 0 Å². The predicted octanol–water partition coefficient (Wildman–Crippen LogP) is 1.66. The smallest absolute Gasteiger partial charge is 0.303 e. The predicted molar refractivity (Wildman–Crippen MR) is 73.7 cm³/mol. The van der Waals surface area contributed by atoms with Gasteiger partial charge in [-0.15, -0.1) is 0 Å². The van der Waals surface area contributed by atoms with Crippen molar-refractivity contribution in [2.24, 2.45) is 11.1 Å². The van der Waals surface area contributed by atoms with Crippen LogP contribution in [0.3, 0.4) is 0 Å². The molecule has 0 bridgehead atoms. The highest BCUT2D eigenvalue weighted by atomic mass is 16.4. The molecule has 5 nitrogen and oxygen atoms in total. The molecular weight excluding hydrogens is 244 g/mol. The van der Waals surface area contributed by atoms with E-state index in [1.807, 2.05) is 0 Å². The maximum absolute atomic E-state index is 12.2. The first kappa shape index (κ1) is 16.0. The summed E-state index contributed by atoms with van der Waals surface area (Å²) in [7, 11) is 0. The molecule has 1 amide bonds. The maximum atomic E-state index is 12.2. The van der Waals surface area contributed by atoms with Crippen LogP contribution in [0.1, 0.15) is 57.8 Å². The minimum Gasteiger partial charge on any atom is -0.481 e. The van der Waals surface area contributed by atoms with E-state index < -0.39 is 5.97 Å². The number of rotatable bonds is 8. The molecule has 0 atom stereocenters. The first-order valence-corrected chi connectivity index (χ1v) is 7.31. The number of carboxylic acid groups (broad SMARTS) is 1. The van der Waals surface area contributed by atoms with Gasteiger partial charge in [-0.3, -0.25) is 9.59 Å². The van der Waals surface area contributed by atoms with E-state index in [0.717, 1.165) is 38.5 Å². The van der Waals surface area contributed by atoms with Gasteiger partial charge in [-0.1, -0.05) is 25.7 Å². The van der Waals surface area contributed by atoms with Gasteiger partial charge in [0.15, 0.2) is 0 Å². The van der Waals surface area contributed by atoms with E-state index in [1.165, 1.54) is 6.42 Å². The summed E-state index contributed by atoms with van der Waals surface area (Å²) in [5, 5.41) is 11.5. The third kappa shape index (κ3) is 5.19. The van der Waals surface area contributed by atoms with Crippen LogP contribution in [0.4, 0.5) is 0 Å². The molecule has 0 aromatic rings.